The van der Waals surface area contributed by atoms with E-state index in [1.807, 2.05) is 30.3 Å². The summed E-state index contributed by atoms with van der Waals surface area (Å²) >= 11 is 0. The molecule has 1 N–H and O–H groups in total. The van der Waals surface area contributed by atoms with Gasteiger partial charge < -0.3 is 9.52 Å². The maximum Gasteiger partial charge on any atom is 0.294 e. The zero-order valence-electron chi connectivity index (χ0n) is 16.6. The van der Waals surface area contributed by atoms with E-state index in [4.69, 9.17) is 4.42 Å². The molecule has 1 aromatic heterocycles. The van der Waals surface area contributed by atoms with Gasteiger partial charge in [0, 0.05) is 18.2 Å². The lowest BCUT2D eigenvalue weighted by Crippen LogP contribution is -2.31. The van der Waals surface area contributed by atoms with Gasteiger partial charge in [-0.15, -0.1) is 0 Å². The van der Waals surface area contributed by atoms with Crippen molar-refractivity contribution < 1.29 is 27.9 Å². The Morgan fingerprint density at radius 1 is 1.06 bits per heavy atom. The van der Waals surface area contributed by atoms with Gasteiger partial charge in [0.05, 0.1) is 5.57 Å². The first-order valence-electron chi connectivity index (χ1n) is 9.72. The van der Waals surface area contributed by atoms with E-state index in [-0.39, 0.29) is 23.4 Å². The number of Topliss-reactive ketones (excluding diaryl/α,β-unsaturated/α-hetero) is 1. The van der Waals surface area contributed by atoms with Crippen LogP contribution in [-0.2, 0) is 16.0 Å². The van der Waals surface area contributed by atoms with Gasteiger partial charge in [-0.25, -0.2) is 8.78 Å². The van der Waals surface area contributed by atoms with Crippen LogP contribution >= 0.6 is 0 Å². The number of furan rings is 1. The van der Waals surface area contributed by atoms with Crippen LogP contribution < -0.4 is 4.90 Å². The number of amides is 1. The Balaban J connectivity index is 1.72. The Morgan fingerprint density at radius 2 is 1.81 bits per heavy atom. The number of rotatable bonds is 6. The molecule has 7 heteroatoms. The van der Waals surface area contributed by atoms with E-state index in [1.165, 1.54) is 6.07 Å². The minimum absolute atomic E-state index is 0.000336. The van der Waals surface area contributed by atoms with Crippen LogP contribution in [0.25, 0.3) is 0 Å². The number of nitrogens with zero attached hydrogens (tertiary/aromatic N) is 1. The van der Waals surface area contributed by atoms with Crippen LogP contribution in [0.2, 0.25) is 0 Å². The van der Waals surface area contributed by atoms with Crippen molar-refractivity contribution in [1.29, 1.82) is 0 Å². The molecule has 2 heterocycles. The largest absolute Gasteiger partial charge is 0.503 e. The second-order valence-corrected chi connectivity index (χ2v) is 7.30. The number of carbonyl (C=O) groups excluding carboxylic acids is 2. The minimum Gasteiger partial charge on any atom is -0.503 e. The van der Waals surface area contributed by atoms with E-state index in [2.05, 4.69) is 0 Å². The molecule has 1 aliphatic rings. The number of aliphatic hydroxyl groups is 1. The van der Waals surface area contributed by atoms with Gasteiger partial charge in [-0.3, -0.25) is 14.5 Å². The van der Waals surface area contributed by atoms with Crippen LogP contribution in [0.4, 0.5) is 14.5 Å². The van der Waals surface area contributed by atoms with Crippen LogP contribution in [0.5, 0.6) is 0 Å². The van der Waals surface area contributed by atoms with E-state index < -0.39 is 35.1 Å². The molecule has 3 aromatic rings. The molecule has 4 rings (SSSR count). The van der Waals surface area contributed by atoms with Crippen molar-refractivity contribution >= 4 is 17.4 Å². The summed E-state index contributed by atoms with van der Waals surface area (Å²) in [5, 5.41) is 10.6. The standard InChI is InChI=1S/C24H19F2NO4/c1-14-7-12-20(31-14)22-21(19(28)11-8-15-5-3-2-4-6-15)23(29)24(30)27(22)16-9-10-17(25)18(26)13-16/h2-7,9-10,12-13,22,29H,8,11H2,1H3. The molecule has 5 nitrogen and oxygen atoms in total. The summed E-state index contributed by atoms with van der Waals surface area (Å²) in [6.07, 6.45) is 0.470. The quantitative estimate of drug-likeness (QED) is 0.608. The Labute approximate surface area is 177 Å². The number of ketones is 1. The number of hydrogen-bond acceptors (Lipinski definition) is 4. The molecule has 1 unspecified atom stereocenters. The Hall–Kier alpha value is -3.74. The van der Waals surface area contributed by atoms with Crippen molar-refractivity contribution in [3.05, 3.63) is 101 Å². The van der Waals surface area contributed by atoms with Gasteiger partial charge in [-0.05, 0) is 43.2 Å². The molecule has 0 saturated carbocycles. The first-order chi connectivity index (χ1) is 14.9. The van der Waals surface area contributed by atoms with Crippen LogP contribution in [0.15, 0.2) is 76.4 Å². The smallest absolute Gasteiger partial charge is 0.294 e. The zero-order chi connectivity index (χ0) is 22.1. The predicted octanol–water partition coefficient (Wildman–Crippen LogP) is 4.97. The number of hydrogen-bond donors (Lipinski definition) is 1. The van der Waals surface area contributed by atoms with Gasteiger partial charge in [-0.1, -0.05) is 30.3 Å². The van der Waals surface area contributed by atoms with Crippen molar-refractivity contribution in [3.8, 4) is 0 Å². The molecule has 158 valence electrons. The average molecular weight is 423 g/mol. The van der Waals surface area contributed by atoms with Crippen LogP contribution in [0, 0.1) is 18.6 Å². The fraction of sp³-hybridized carbons (Fsp3) is 0.167. The maximum absolute atomic E-state index is 13.9. The van der Waals surface area contributed by atoms with Gasteiger partial charge in [0.2, 0.25) is 0 Å². The number of benzene rings is 2. The summed E-state index contributed by atoms with van der Waals surface area (Å²) in [4.78, 5) is 27.0. The molecule has 0 radical (unpaired) electrons. The lowest BCUT2D eigenvalue weighted by Gasteiger charge is -2.25. The first kappa shape index (κ1) is 20.5. The van der Waals surface area contributed by atoms with Crippen molar-refractivity contribution in [2.24, 2.45) is 0 Å². The predicted molar refractivity (Wildman–Crippen MR) is 109 cm³/mol. The minimum atomic E-state index is -1.15. The monoisotopic (exact) mass is 423 g/mol. The van der Waals surface area contributed by atoms with Gasteiger partial charge in [0.25, 0.3) is 5.91 Å². The van der Waals surface area contributed by atoms with Crippen LogP contribution in [0.1, 0.15) is 29.5 Å². The summed E-state index contributed by atoms with van der Waals surface area (Å²) in [6.45, 7) is 1.70. The topological polar surface area (TPSA) is 70.8 Å². The zero-order valence-corrected chi connectivity index (χ0v) is 16.6. The van der Waals surface area contributed by atoms with Gasteiger partial charge in [0.15, 0.2) is 23.2 Å². The van der Waals surface area contributed by atoms with E-state index in [9.17, 15) is 23.5 Å². The third-order valence-electron chi connectivity index (χ3n) is 5.20. The Bertz CT molecular complexity index is 1180. The van der Waals surface area contributed by atoms with Crippen molar-refractivity contribution in [3.63, 3.8) is 0 Å². The highest BCUT2D eigenvalue weighted by molar-refractivity contribution is 6.16. The lowest BCUT2D eigenvalue weighted by atomic mass is 9.96. The number of carbonyl (C=O) groups is 2. The summed E-state index contributed by atoms with van der Waals surface area (Å²) in [6, 6.07) is 14.4. The van der Waals surface area contributed by atoms with Crippen LogP contribution in [0.3, 0.4) is 0 Å². The van der Waals surface area contributed by atoms with Gasteiger partial charge >= 0.3 is 0 Å². The second kappa shape index (κ2) is 8.18. The highest BCUT2D eigenvalue weighted by atomic mass is 19.2. The number of anilines is 1. The maximum atomic E-state index is 13.9. The highest BCUT2D eigenvalue weighted by Gasteiger charge is 2.45. The molecule has 0 spiro atoms. The molecule has 2 aromatic carbocycles. The Morgan fingerprint density at radius 3 is 2.45 bits per heavy atom. The van der Waals surface area contributed by atoms with Crippen molar-refractivity contribution in [1.82, 2.24) is 0 Å². The molecule has 1 atom stereocenters. The fourth-order valence-corrected chi connectivity index (χ4v) is 3.70. The van der Waals surface area contributed by atoms with E-state index in [1.54, 1.807) is 19.1 Å². The third-order valence-corrected chi connectivity index (χ3v) is 5.20. The van der Waals surface area contributed by atoms with E-state index >= 15 is 0 Å². The highest BCUT2D eigenvalue weighted by Crippen LogP contribution is 2.42. The molecule has 0 saturated heterocycles. The van der Waals surface area contributed by atoms with Gasteiger partial charge in [-0.2, -0.15) is 0 Å². The number of halogens is 2. The summed E-state index contributed by atoms with van der Waals surface area (Å²) in [5.74, 6) is -3.48. The number of aryl methyl sites for hydroxylation is 2. The van der Waals surface area contributed by atoms with Crippen LogP contribution in [-0.4, -0.2) is 16.8 Å². The number of aliphatic hydroxyl groups excluding tert-OH is 1. The summed E-state index contributed by atoms with van der Waals surface area (Å²) in [7, 11) is 0. The van der Waals surface area contributed by atoms with E-state index in [0.29, 0.717) is 12.2 Å². The van der Waals surface area contributed by atoms with Gasteiger partial charge in [0.1, 0.15) is 17.6 Å². The molecular weight excluding hydrogens is 404 g/mol. The summed E-state index contributed by atoms with van der Waals surface area (Å²) in [5.41, 5.74) is 0.809. The molecule has 1 aliphatic heterocycles. The van der Waals surface area contributed by atoms with Crippen molar-refractivity contribution in [2.75, 3.05) is 4.90 Å². The van der Waals surface area contributed by atoms with Crippen molar-refractivity contribution in [2.45, 2.75) is 25.8 Å². The normalized spacial score (nSPS) is 16.3. The Kier molecular flexibility index (Phi) is 5.42. The molecule has 0 aliphatic carbocycles. The molecule has 1 amide bonds. The molecule has 0 bridgehead atoms. The molecular formula is C24H19F2NO4. The first-order valence-corrected chi connectivity index (χ1v) is 9.72. The molecule has 0 fully saturated rings. The van der Waals surface area contributed by atoms with E-state index in [0.717, 1.165) is 22.6 Å². The average Bonchev–Trinajstić information content (AvgIpc) is 3.30. The molecule has 31 heavy (non-hydrogen) atoms. The summed E-state index contributed by atoms with van der Waals surface area (Å²) < 4.78 is 33.0. The fourth-order valence-electron chi connectivity index (χ4n) is 3.70. The lowest BCUT2D eigenvalue weighted by molar-refractivity contribution is -0.118. The third kappa shape index (κ3) is 3.86. The SMILES string of the molecule is Cc1ccc(C2C(C(=O)CCc3ccccc3)=C(O)C(=O)N2c2ccc(F)c(F)c2)o1. The second-order valence-electron chi connectivity index (χ2n) is 7.30.